The van der Waals surface area contributed by atoms with Gasteiger partial charge in [-0.05, 0) is 48.6 Å². The third kappa shape index (κ3) is 5.01. The lowest BCUT2D eigenvalue weighted by Gasteiger charge is -2.39. The molecule has 6 nitrogen and oxygen atoms in total. The van der Waals surface area contributed by atoms with Gasteiger partial charge >= 0.3 is 5.97 Å². The fraction of sp³-hybridized carbons (Fsp3) is 0.357. The highest BCUT2D eigenvalue weighted by molar-refractivity contribution is 6.04. The Morgan fingerprint density at radius 3 is 2.38 bits per heavy atom. The molecule has 0 amide bonds. The predicted molar refractivity (Wildman–Crippen MR) is 130 cm³/mol. The van der Waals surface area contributed by atoms with E-state index in [0.29, 0.717) is 29.0 Å². The van der Waals surface area contributed by atoms with E-state index >= 15 is 0 Å². The van der Waals surface area contributed by atoms with E-state index in [2.05, 4.69) is 19.2 Å². The zero-order valence-corrected chi connectivity index (χ0v) is 20.1. The number of benzene rings is 2. The van der Waals surface area contributed by atoms with Crippen molar-refractivity contribution in [2.24, 2.45) is 5.41 Å². The summed E-state index contributed by atoms with van der Waals surface area (Å²) in [6.07, 6.45) is 1.18. The highest BCUT2D eigenvalue weighted by Gasteiger charge is 2.43. The van der Waals surface area contributed by atoms with Crippen molar-refractivity contribution in [3.63, 3.8) is 0 Å². The molecule has 2 aromatic carbocycles. The molecule has 0 aromatic heterocycles. The molecule has 0 saturated carbocycles. The first kappa shape index (κ1) is 23.6. The minimum atomic E-state index is -0.492. The largest absolute Gasteiger partial charge is 0.497 e. The molecule has 0 spiro atoms. The molecule has 0 radical (unpaired) electrons. The number of rotatable bonds is 7. The minimum Gasteiger partial charge on any atom is -0.497 e. The maximum absolute atomic E-state index is 13.3. The molecule has 2 aromatic rings. The quantitative estimate of drug-likeness (QED) is 0.466. The van der Waals surface area contributed by atoms with Crippen molar-refractivity contribution in [1.82, 2.24) is 5.32 Å². The molecule has 0 unspecified atom stereocenters. The van der Waals surface area contributed by atoms with Crippen LogP contribution in [-0.2, 0) is 14.3 Å². The molecule has 178 valence electrons. The number of methoxy groups -OCH3 is 1. The second-order valence-corrected chi connectivity index (χ2v) is 9.50. The van der Waals surface area contributed by atoms with Crippen LogP contribution in [0, 0.1) is 5.41 Å². The van der Waals surface area contributed by atoms with Crippen LogP contribution in [0.25, 0.3) is 0 Å². The summed E-state index contributed by atoms with van der Waals surface area (Å²) >= 11 is 0. The number of para-hydroxylation sites is 1. The maximum Gasteiger partial charge on any atom is 0.336 e. The number of allylic oxidation sites excluding steroid dienone is 3. The predicted octanol–water partition coefficient (Wildman–Crippen LogP) is 4.92. The van der Waals surface area contributed by atoms with Gasteiger partial charge < -0.3 is 19.5 Å². The zero-order chi connectivity index (χ0) is 24.3. The number of ether oxygens (including phenoxy) is 3. The highest BCUT2D eigenvalue weighted by atomic mass is 16.6. The standard InChI is InChI=1S/C28H31NO5/c1-18-24(27(31)34-15-14-33-21-8-6-5-7-9-21)25(19-10-12-20(32-4)13-11-19)26-22(29-18)16-28(2,3)17-23(26)30/h5-13,25,29H,14-17H2,1-4H3/t25-/m1/s1. The average molecular weight is 462 g/mol. The van der Waals surface area contributed by atoms with Crippen LogP contribution in [0.1, 0.15) is 45.1 Å². The number of esters is 1. The van der Waals surface area contributed by atoms with Gasteiger partial charge in [-0.3, -0.25) is 4.79 Å². The van der Waals surface area contributed by atoms with Gasteiger partial charge in [0.15, 0.2) is 5.78 Å². The minimum absolute atomic E-state index is 0.0600. The first-order chi connectivity index (χ1) is 16.3. The lowest BCUT2D eigenvalue weighted by Crippen LogP contribution is -2.38. The number of carbonyl (C=O) groups is 2. The Bertz CT molecular complexity index is 1130. The molecule has 1 atom stereocenters. The number of ketones is 1. The molecule has 6 heteroatoms. The van der Waals surface area contributed by atoms with E-state index in [9.17, 15) is 9.59 Å². The Hall–Kier alpha value is -3.54. The summed E-state index contributed by atoms with van der Waals surface area (Å²) in [5, 5.41) is 3.36. The number of dihydropyridines is 1. The van der Waals surface area contributed by atoms with Gasteiger partial charge in [-0.15, -0.1) is 0 Å². The summed E-state index contributed by atoms with van der Waals surface area (Å²) in [5.74, 6) is 0.547. The second-order valence-electron chi connectivity index (χ2n) is 9.50. The van der Waals surface area contributed by atoms with E-state index in [0.717, 1.165) is 23.4 Å². The zero-order valence-electron chi connectivity index (χ0n) is 20.1. The van der Waals surface area contributed by atoms with Gasteiger partial charge in [0.05, 0.1) is 12.7 Å². The molecule has 34 heavy (non-hydrogen) atoms. The summed E-state index contributed by atoms with van der Waals surface area (Å²) in [7, 11) is 1.61. The van der Waals surface area contributed by atoms with E-state index in [4.69, 9.17) is 14.2 Å². The van der Waals surface area contributed by atoms with Gasteiger partial charge in [-0.2, -0.15) is 0 Å². The lowest BCUT2D eigenvalue weighted by atomic mass is 9.68. The SMILES string of the molecule is COc1ccc([C@@H]2C(C(=O)OCCOc3ccccc3)=C(C)NC3=C2C(=O)CC(C)(C)C3)cc1. The van der Waals surface area contributed by atoms with Crippen LogP contribution in [-0.4, -0.2) is 32.1 Å². The van der Waals surface area contributed by atoms with E-state index in [1.165, 1.54) is 0 Å². The summed E-state index contributed by atoms with van der Waals surface area (Å²) in [6.45, 7) is 6.39. The van der Waals surface area contributed by atoms with Gasteiger partial charge in [0.2, 0.25) is 0 Å². The Morgan fingerprint density at radius 2 is 1.71 bits per heavy atom. The topological polar surface area (TPSA) is 73.9 Å². The number of carbonyl (C=O) groups excluding carboxylic acids is 2. The lowest BCUT2D eigenvalue weighted by molar-refractivity contribution is -0.140. The van der Waals surface area contributed by atoms with E-state index < -0.39 is 11.9 Å². The van der Waals surface area contributed by atoms with Crippen LogP contribution in [0.3, 0.4) is 0 Å². The summed E-state index contributed by atoms with van der Waals surface area (Å²) in [5.41, 5.74) is 3.43. The molecule has 4 rings (SSSR count). The van der Waals surface area contributed by atoms with Crippen molar-refractivity contribution < 1.29 is 23.8 Å². The number of nitrogens with one attached hydrogen (secondary N) is 1. The molecule has 0 fully saturated rings. The van der Waals surface area contributed by atoms with Crippen molar-refractivity contribution in [3.8, 4) is 11.5 Å². The highest BCUT2D eigenvalue weighted by Crippen LogP contribution is 2.46. The molecule has 0 saturated heterocycles. The normalized spacial score (nSPS) is 19.3. The molecule has 2 aliphatic rings. The van der Waals surface area contributed by atoms with Crippen LogP contribution in [0.5, 0.6) is 11.5 Å². The van der Waals surface area contributed by atoms with E-state index in [1.807, 2.05) is 61.5 Å². The van der Waals surface area contributed by atoms with Crippen molar-refractivity contribution in [3.05, 3.63) is 82.7 Å². The van der Waals surface area contributed by atoms with Crippen molar-refractivity contribution >= 4 is 11.8 Å². The molecule has 1 aliphatic carbocycles. The third-order valence-corrected chi connectivity index (χ3v) is 6.24. The Balaban J connectivity index is 1.60. The van der Waals surface area contributed by atoms with Gasteiger partial charge in [0.25, 0.3) is 0 Å². The van der Waals surface area contributed by atoms with Crippen molar-refractivity contribution in [1.29, 1.82) is 0 Å². The Labute approximate surface area is 200 Å². The second kappa shape index (κ2) is 9.75. The van der Waals surface area contributed by atoms with Crippen LogP contribution in [0.2, 0.25) is 0 Å². The average Bonchev–Trinajstić information content (AvgIpc) is 2.80. The summed E-state index contributed by atoms with van der Waals surface area (Å²) in [4.78, 5) is 26.6. The summed E-state index contributed by atoms with van der Waals surface area (Å²) < 4.78 is 16.6. The van der Waals surface area contributed by atoms with Crippen LogP contribution >= 0.6 is 0 Å². The van der Waals surface area contributed by atoms with Gasteiger partial charge in [0, 0.05) is 29.3 Å². The Morgan fingerprint density at radius 1 is 1.00 bits per heavy atom. The van der Waals surface area contributed by atoms with Gasteiger partial charge in [-0.25, -0.2) is 4.79 Å². The summed E-state index contributed by atoms with van der Waals surface area (Å²) in [6, 6.07) is 16.9. The molecule has 1 heterocycles. The fourth-order valence-corrected chi connectivity index (χ4v) is 4.72. The fourth-order valence-electron chi connectivity index (χ4n) is 4.72. The number of hydrogen-bond acceptors (Lipinski definition) is 6. The molecule has 1 aliphatic heterocycles. The number of hydrogen-bond donors (Lipinski definition) is 1. The van der Waals surface area contributed by atoms with E-state index in [-0.39, 0.29) is 24.4 Å². The van der Waals surface area contributed by atoms with Gasteiger partial charge in [-0.1, -0.05) is 44.2 Å². The van der Waals surface area contributed by atoms with Crippen molar-refractivity contribution in [2.75, 3.05) is 20.3 Å². The monoisotopic (exact) mass is 461 g/mol. The van der Waals surface area contributed by atoms with Gasteiger partial charge in [0.1, 0.15) is 24.7 Å². The molecule has 1 N–H and O–H groups in total. The Kier molecular flexibility index (Phi) is 6.77. The van der Waals surface area contributed by atoms with Crippen LogP contribution < -0.4 is 14.8 Å². The first-order valence-corrected chi connectivity index (χ1v) is 11.5. The molecular formula is C28H31NO5. The molecule has 0 bridgehead atoms. The maximum atomic E-state index is 13.3. The smallest absolute Gasteiger partial charge is 0.336 e. The number of Topliss-reactive ketones (excluding diaryl/α,β-unsaturated/α-hetero) is 1. The van der Waals surface area contributed by atoms with E-state index in [1.54, 1.807) is 7.11 Å². The third-order valence-electron chi connectivity index (χ3n) is 6.24. The van der Waals surface area contributed by atoms with Crippen LogP contribution in [0.15, 0.2) is 77.1 Å². The molecular weight excluding hydrogens is 430 g/mol. The van der Waals surface area contributed by atoms with Crippen molar-refractivity contribution in [2.45, 2.75) is 39.5 Å². The first-order valence-electron chi connectivity index (χ1n) is 11.5. The van der Waals surface area contributed by atoms with Crippen LogP contribution in [0.4, 0.5) is 0 Å².